The molecule has 0 radical (unpaired) electrons. The lowest BCUT2D eigenvalue weighted by atomic mass is 9.49. The minimum Gasteiger partial charge on any atom is -0.462 e. The molecule has 15 heteroatoms. The summed E-state index contributed by atoms with van der Waals surface area (Å²) in [7, 11) is 10.4. The molecule has 1 aliphatic heterocycles. The van der Waals surface area contributed by atoms with Gasteiger partial charge in [-0.1, -0.05) is 26.8 Å². The third kappa shape index (κ3) is 6.56. The summed E-state index contributed by atoms with van der Waals surface area (Å²) < 4.78 is 18.8. The Morgan fingerprint density at radius 2 is 1.74 bits per heavy atom. The number of hydrogen-bond donors (Lipinski definition) is 4. The molecule has 2 aliphatic carbocycles. The molecule has 4 N–H and O–H groups in total. The number of aliphatic hydroxyl groups excluding tert-OH is 3. The minimum atomic E-state index is -1.41. The molecule has 220 valence electrons. The summed E-state index contributed by atoms with van der Waals surface area (Å²) in [5.41, 5.74) is -2.26. The average molecular weight is 666 g/mol. The first-order valence-corrected chi connectivity index (χ1v) is 24.5. The van der Waals surface area contributed by atoms with Gasteiger partial charge in [0, 0.05) is 30.6 Å². The van der Waals surface area contributed by atoms with E-state index < -0.39 is 86.4 Å². The van der Waals surface area contributed by atoms with Gasteiger partial charge >= 0.3 is 5.97 Å². The van der Waals surface area contributed by atoms with Crippen LogP contribution in [0.4, 0.5) is 0 Å². The van der Waals surface area contributed by atoms with E-state index in [2.05, 4.69) is 35.7 Å². The third-order valence-corrected chi connectivity index (χ3v) is 31.1. The van der Waals surface area contributed by atoms with Crippen molar-refractivity contribution in [2.75, 3.05) is 6.61 Å². The maximum absolute atomic E-state index is 12.6. The molecule has 0 amide bonds. The molecule has 3 rings (SSSR count). The molecule has 3 aliphatic rings. The lowest BCUT2D eigenvalue weighted by Gasteiger charge is -2.65. The first-order valence-electron chi connectivity index (χ1n) is 12.7. The summed E-state index contributed by atoms with van der Waals surface area (Å²) in [4.78, 5) is 12.6. The maximum Gasteiger partial charge on any atom is 0.302 e. The molecule has 1 heterocycles. The Labute approximate surface area is 239 Å². The number of ether oxygens (including phenoxy) is 2. The van der Waals surface area contributed by atoms with Crippen molar-refractivity contribution in [1.29, 1.82) is 0 Å². The molecule has 8 nitrogen and oxygen atoms in total. The van der Waals surface area contributed by atoms with Crippen molar-refractivity contribution < 1.29 is 39.2 Å². The highest BCUT2D eigenvalue weighted by Gasteiger charge is 2.71. The van der Waals surface area contributed by atoms with Crippen LogP contribution in [0.2, 0.25) is 0 Å². The van der Waals surface area contributed by atoms with Crippen LogP contribution >= 0.6 is 57.2 Å². The fraction of sp³-hybridized carbons (Fsp3) is 0.870. The largest absolute Gasteiger partial charge is 0.462 e. The second-order valence-electron chi connectivity index (χ2n) is 11.8. The van der Waals surface area contributed by atoms with Gasteiger partial charge in [-0.15, -0.1) is 35.7 Å². The Morgan fingerprint density at radius 3 is 2.18 bits per heavy atom. The van der Waals surface area contributed by atoms with Crippen LogP contribution in [-0.4, -0.2) is 75.2 Å². The maximum atomic E-state index is 12.6. The Morgan fingerprint density at radius 1 is 1.16 bits per heavy atom. The number of carbonyl (C=O) groups is 1. The third-order valence-electron chi connectivity index (χ3n) is 8.70. The van der Waals surface area contributed by atoms with E-state index in [1.54, 1.807) is 0 Å². The molecule has 1 saturated carbocycles. The molecule has 0 spiro atoms. The van der Waals surface area contributed by atoms with Crippen LogP contribution in [-0.2, 0) is 18.8 Å². The fourth-order valence-electron chi connectivity index (χ4n) is 6.80. The number of carbonyl (C=O) groups excluding carboxylic acids is 1. The standard InChI is InChI=1S/C23H45O8P7/c1-11-9-21(4,5)14(7-15(11)26)18(30-13(3)25)19-22(6,20(27)12(2)24)16(8-17-23(19,28)10-29-17)31-36(37(32)33)38(34)35/h9,12,14-20,24,26-28H,7-8,10,32-35H2,1-6H3/t12-,14?,15+,16+,17-,18?,19?,20-,22-,23+/m1/s1. The molecule has 0 bridgehead atoms. The quantitative estimate of drug-likeness (QED) is 0.156. The van der Waals surface area contributed by atoms with E-state index in [9.17, 15) is 25.2 Å². The summed E-state index contributed by atoms with van der Waals surface area (Å²) in [6.45, 7) is 9.44. The predicted octanol–water partition coefficient (Wildman–Crippen LogP) is 4.91. The highest BCUT2D eigenvalue weighted by molar-refractivity contribution is 8.96. The minimum absolute atomic E-state index is 0.0220. The van der Waals surface area contributed by atoms with Gasteiger partial charge in [0.2, 0.25) is 0 Å². The van der Waals surface area contributed by atoms with E-state index in [0.717, 1.165) is 5.57 Å². The molecule has 0 aromatic rings. The summed E-state index contributed by atoms with van der Waals surface area (Å²) in [5, 5.41) is 45.5. The Bertz CT molecular complexity index is 897. The molecule has 38 heavy (non-hydrogen) atoms. The Balaban J connectivity index is 2.23. The molecule has 14 atom stereocenters. The van der Waals surface area contributed by atoms with Gasteiger partial charge in [-0.3, -0.25) is 4.79 Å². The van der Waals surface area contributed by atoms with Crippen LogP contribution in [0.3, 0.4) is 0 Å². The lowest BCUT2D eigenvalue weighted by Crippen LogP contribution is -2.78. The van der Waals surface area contributed by atoms with Crippen molar-refractivity contribution >= 4 is 63.2 Å². The second-order valence-corrected chi connectivity index (χ2v) is 35.4. The molecule has 7 unspecified atom stereocenters. The zero-order valence-corrected chi connectivity index (χ0v) is 30.2. The van der Waals surface area contributed by atoms with Gasteiger partial charge in [0.05, 0.1) is 44.7 Å². The topological polar surface area (TPSA) is 126 Å². The zero-order chi connectivity index (χ0) is 29.0. The van der Waals surface area contributed by atoms with E-state index in [1.165, 1.54) is 13.8 Å². The van der Waals surface area contributed by atoms with Gasteiger partial charge < -0.3 is 34.4 Å². The van der Waals surface area contributed by atoms with E-state index in [0.29, 0.717) is 12.8 Å². The van der Waals surface area contributed by atoms with Crippen molar-refractivity contribution in [1.82, 2.24) is 0 Å². The molecular weight excluding hydrogens is 621 g/mol. The first-order chi connectivity index (χ1) is 17.4. The number of hydrogen-bond acceptors (Lipinski definition) is 8. The fourth-order valence-corrected chi connectivity index (χ4v) is 39.7. The van der Waals surface area contributed by atoms with Gasteiger partial charge in [-0.2, -0.15) is 0 Å². The number of fused-ring (bicyclic) bond motifs is 1. The van der Waals surface area contributed by atoms with Gasteiger partial charge in [0.15, 0.2) is 0 Å². The predicted molar refractivity (Wildman–Crippen MR) is 170 cm³/mol. The number of esters is 1. The smallest absolute Gasteiger partial charge is 0.302 e. The normalized spacial score (nSPS) is 39.3. The van der Waals surface area contributed by atoms with Crippen LogP contribution in [0.5, 0.6) is 0 Å². The second kappa shape index (κ2) is 12.9. The Hall–Kier alpha value is 1.98. The average Bonchev–Trinajstić information content (AvgIpc) is 2.77. The van der Waals surface area contributed by atoms with Gasteiger partial charge in [0.25, 0.3) is 0 Å². The van der Waals surface area contributed by atoms with Crippen LogP contribution in [0.1, 0.15) is 54.4 Å². The summed E-state index contributed by atoms with van der Waals surface area (Å²) in [6, 6.07) is 0. The number of aliphatic hydroxyl groups is 4. The van der Waals surface area contributed by atoms with Gasteiger partial charge in [0.1, 0.15) is 11.7 Å². The molecule has 0 aromatic heterocycles. The summed E-state index contributed by atoms with van der Waals surface area (Å²) in [6.07, 6.45) is -2.50. The lowest BCUT2D eigenvalue weighted by molar-refractivity contribution is -0.347. The highest BCUT2D eigenvalue weighted by atomic mass is 33.0. The van der Waals surface area contributed by atoms with Crippen molar-refractivity contribution in [2.24, 2.45) is 22.7 Å². The molecular formula is C23H45O8P7. The Kier molecular flexibility index (Phi) is 11.7. The highest BCUT2D eigenvalue weighted by Crippen LogP contribution is 2.98. The molecule has 0 aromatic carbocycles. The number of rotatable bonds is 9. The van der Waals surface area contributed by atoms with Crippen LogP contribution < -0.4 is 0 Å². The summed E-state index contributed by atoms with van der Waals surface area (Å²) in [5.74, 6) is -1.72. The van der Waals surface area contributed by atoms with E-state index >= 15 is 0 Å². The van der Waals surface area contributed by atoms with Crippen LogP contribution in [0.25, 0.3) is 0 Å². The van der Waals surface area contributed by atoms with Gasteiger partial charge in [-0.05, 0) is 45.2 Å². The van der Waals surface area contributed by atoms with E-state index in [4.69, 9.17) is 14.0 Å². The van der Waals surface area contributed by atoms with Crippen molar-refractivity contribution in [3.8, 4) is 0 Å². The van der Waals surface area contributed by atoms with Crippen LogP contribution in [0, 0.1) is 22.7 Å². The monoisotopic (exact) mass is 666 g/mol. The van der Waals surface area contributed by atoms with Gasteiger partial charge in [-0.25, -0.2) is 0 Å². The van der Waals surface area contributed by atoms with Crippen molar-refractivity contribution in [2.45, 2.75) is 96.6 Å². The van der Waals surface area contributed by atoms with Crippen LogP contribution in [0.15, 0.2) is 11.6 Å². The zero-order valence-electron chi connectivity index (χ0n) is 22.9. The molecule has 1 saturated heterocycles. The summed E-state index contributed by atoms with van der Waals surface area (Å²) >= 11 is 0. The van der Waals surface area contributed by atoms with E-state index in [1.807, 2.05) is 33.8 Å². The molecule has 2 fully saturated rings. The van der Waals surface area contributed by atoms with Crippen molar-refractivity contribution in [3.63, 3.8) is 0 Å². The first kappa shape index (κ1) is 34.5. The number of allylic oxidation sites excluding steroid dienone is 1. The van der Waals surface area contributed by atoms with E-state index in [-0.39, 0.29) is 12.5 Å². The van der Waals surface area contributed by atoms with Crippen molar-refractivity contribution in [3.05, 3.63) is 11.6 Å². The SMILES string of the molecule is CC(=O)OC(C1C[C@H](O)C(C)=CC1(C)C)C1[C@](C)([C@H](O)[C@@H](C)O)[C@@H](OP(P(P)P)P(P)P)C[C@H]2OC[C@@]12O.